The molecule has 23 heavy (non-hydrogen) atoms. The van der Waals surface area contributed by atoms with E-state index in [1.54, 1.807) is 0 Å². The first kappa shape index (κ1) is 14.9. The van der Waals surface area contributed by atoms with Gasteiger partial charge in [-0.25, -0.2) is 4.98 Å². The Kier molecular flexibility index (Phi) is 3.54. The van der Waals surface area contributed by atoms with Gasteiger partial charge in [0.2, 0.25) is 5.91 Å². The van der Waals surface area contributed by atoms with Crippen molar-refractivity contribution in [2.75, 3.05) is 13.1 Å². The lowest BCUT2D eigenvalue weighted by Gasteiger charge is -2.48. The van der Waals surface area contributed by atoms with Crippen LogP contribution in [0.3, 0.4) is 0 Å². The lowest BCUT2D eigenvalue weighted by Crippen LogP contribution is -2.60. The van der Waals surface area contributed by atoms with Crippen molar-refractivity contribution < 1.29 is 4.79 Å². The summed E-state index contributed by atoms with van der Waals surface area (Å²) >= 11 is 6.28. The summed E-state index contributed by atoms with van der Waals surface area (Å²) in [5.74, 6) is 0.284. The van der Waals surface area contributed by atoms with Gasteiger partial charge in [0.1, 0.15) is 0 Å². The maximum absolute atomic E-state index is 12.1. The molecule has 4 nitrogen and oxygen atoms in total. The van der Waals surface area contributed by atoms with Crippen LogP contribution < -0.4 is 0 Å². The Morgan fingerprint density at radius 1 is 1.26 bits per heavy atom. The van der Waals surface area contributed by atoms with E-state index in [1.165, 1.54) is 0 Å². The van der Waals surface area contributed by atoms with E-state index in [-0.39, 0.29) is 11.6 Å². The molecule has 1 amide bonds. The third-order valence-electron chi connectivity index (χ3n) is 5.27. The number of carbonyl (C=O) groups excluding carboxylic acids is 1. The number of fused-ring (bicyclic) bond motifs is 2. The Morgan fingerprint density at radius 3 is 3.00 bits per heavy atom. The Hall–Kier alpha value is -1.65. The Balaban J connectivity index is 1.65. The van der Waals surface area contributed by atoms with Crippen LogP contribution in [-0.2, 0) is 11.3 Å². The van der Waals surface area contributed by atoms with Crippen molar-refractivity contribution in [3.05, 3.63) is 41.0 Å². The van der Waals surface area contributed by atoms with Gasteiger partial charge in [-0.2, -0.15) is 0 Å². The normalized spacial score (nSPS) is 25.1. The van der Waals surface area contributed by atoms with Crippen molar-refractivity contribution in [3.8, 4) is 0 Å². The second-order valence-electron chi connectivity index (χ2n) is 6.65. The Morgan fingerprint density at radius 2 is 2.13 bits per heavy atom. The molecular formula is C18H20ClN3O. The number of hydrogen-bond donors (Lipinski definition) is 0. The van der Waals surface area contributed by atoms with E-state index < -0.39 is 0 Å². The number of pyridine rings is 1. The monoisotopic (exact) mass is 329 g/mol. The van der Waals surface area contributed by atoms with Crippen LogP contribution in [0.4, 0.5) is 0 Å². The SMILES string of the molecule is CC12CCC(=O)N1CCCN2Cc1ccc2cccc(Cl)c2n1. The average molecular weight is 330 g/mol. The van der Waals surface area contributed by atoms with E-state index in [9.17, 15) is 4.79 Å². The molecule has 0 aliphatic carbocycles. The Labute approximate surface area is 141 Å². The van der Waals surface area contributed by atoms with Gasteiger partial charge in [-0.1, -0.05) is 29.8 Å². The third-order valence-corrected chi connectivity index (χ3v) is 5.57. The van der Waals surface area contributed by atoms with Gasteiger partial charge in [0.15, 0.2) is 0 Å². The van der Waals surface area contributed by atoms with Crippen molar-refractivity contribution in [2.45, 2.75) is 38.4 Å². The van der Waals surface area contributed by atoms with Crippen molar-refractivity contribution in [3.63, 3.8) is 0 Å². The van der Waals surface area contributed by atoms with Gasteiger partial charge in [-0.05, 0) is 31.9 Å². The number of rotatable bonds is 2. The molecule has 2 fully saturated rings. The maximum atomic E-state index is 12.1. The number of aromatic nitrogens is 1. The van der Waals surface area contributed by atoms with Crippen molar-refractivity contribution in [1.29, 1.82) is 0 Å². The molecule has 5 heteroatoms. The van der Waals surface area contributed by atoms with E-state index in [2.05, 4.69) is 24.0 Å². The summed E-state index contributed by atoms with van der Waals surface area (Å²) in [6, 6.07) is 9.99. The van der Waals surface area contributed by atoms with Crippen LogP contribution in [0.25, 0.3) is 10.9 Å². The summed E-state index contributed by atoms with van der Waals surface area (Å²) in [6.45, 7) is 4.82. The summed E-state index contributed by atoms with van der Waals surface area (Å²) in [6.07, 6.45) is 2.58. The number of para-hydroxylation sites is 1. The predicted octanol–water partition coefficient (Wildman–Crippen LogP) is 3.43. The van der Waals surface area contributed by atoms with Gasteiger partial charge in [-0.15, -0.1) is 0 Å². The van der Waals surface area contributed by atoms with E-state index in [0.29, 0.717) is 11.4 Å². The van der Waals surface area contributed by atoms with Gasteiger partial charge < -0.3 is 4.90 Å². The summed E-state index contributed by atoms with van der Waals surface area (Å²) < 4.78 is 0. The molecule has 1 aromatic heterocycles. The first-order valence-electron chi connectivity index (χ1n) is 8.18. The second kappa shape index (κ2) is 5.46. The van der Waals surface area contributed by atoms with Gasteiger partial charge in [0, 0.05) is 31.4 Å². The smallest absolute Gasteiger partial charge is 0.224 e. The Bertz CT molecular complexity index is 778. The van der Waals surface area contributed by atoms with Gasteiger partial charge in [-0.3, -0.25) is 9.69 Å². The van der Waals surface area contributed by atoms with Crippen molar-refractivity contribution in [2.24, 2.45) is 0 Å². The molecule has 2 aliphatic rings. The number of benzene rings is 1. The highest BCUT2D eigenvalue weighted by molar-refractivity contribution is 6.35. The molecule has 0 bridgehead atoms. The minimum atomic E-state index is -0.160. The standard InChI is InChI=1S/C18H20ClN3O/c1-18-9-8-16(23)22(18)11-3-10-21(18)12-14-7-6-13-4-2-5-15(19)17(13)20-14/h2,4-7H,3,8-12H2,1H3. The molecule has 0 radical (unpaired) electrons. The van der Waals surface area contributed by atoms with E-state index in [4.69, 9.17) is 16.6 Å². The topological polar surface area (TPSA) is 36.4 Å². The lowest BCUT2D eigenvalue weighted by molar-refractivity contribution is -0.141. The molecule has 2 aromatic rings. The van der Waals surface area contributed by atoms with E-state index in [0.717, 1.165) is 49.1 Å². The highest BCUT2D eigenvalue weighted by atomic mass is 35.5. The largest absolute Gasteiger partial charge is 0.324 e. The molecule has 0 spiro atoms. The molecular weight excluding hydrogens is 310 g/mol. The first-order valence-corrected chi connectivity index (χ1v) is 8.55. The number of nitrogens with zero attached hydrogens (tertiary/aromatic N) is 3. The fraction of sp³-hybridized carbons (Fsp3) is 0.444. The van der Waals surface area contributed by atoms with Crippen LogP contribution in [0.2, 0.25) is 5.02 Å². The fourth-order valence-electron chi connectivity index (χ4n) is 3.92. The minimum absolute atomic E-state index is 0.160. The zero-order valence-corrected chi connectivity index (χ0v) is 14.0. The summed E-state index contributed by atoms with van der Waals surface area (Å²) in [5.41, 5.74) is 1.70. The molecule has 3 heterocycles. The van der Waals surface area contributed by atoms with Crippen LogP contribution in [0, 0.1) is 0 Å². The van der Waals surface area contributed by atoms with Crippen LogP contribution in [0.1, 0.15) is 31.9 Å². The van der Waals surface area contributed by atoms with Crippen molar-refractivity contribution in [1.82, 2.24) is 14.8 Å². The minimum Gasteiger partial charge on any atom is -0.324 e. The highest BCUT2D eigenvalue weighted by Gasteiger charge is 2.47. The van der Waals surface area contributed by atoms with Crippen LogP contribution >= 0.6 is 11.6 Å². The maximum Gasteiger partial charge on any atom is 0.224 e. The molecule has 4 rings (SSSR count). The molecule has 120 valence electrons. The third kappa shape index (κ3) is 2.41. The van der Waals surface area contributed by atoms with Crippen LogP contribution in [0.15, 0.2) is 30.3 Å². The number of amides is 1. The number of hydrogen-bond acceptors (Lipinski definition) is 3. The zero-order chi connectivity index (χ0) is 16.0. The lowest BCUT2D eigenvalue weighted by atomic mass is 10.0. The molecule has 1 aromatic carbocycles. The van der Waals surface area contributed by atoms with Gasteiger partial charge >= 0.3 is 0 Å². The predicted molar refractivity (Wildman–Crippen MR) is 91.1 cm³/mol. The number of halogens is 1. The number of carbonyl (C=O) groups is 1. The fourth-order valence-corrected chi connectivity index (χ4v) is 4.15. The van der Waals surface area contributed by atoms with Crippen LogP contribution in [-0.4, -0.2) is 39.4 Å². The average Bonchev–Trinajstić information content (AvgIpc) is 2.85. The molecule has 0 saturated carbocycles. The molecule has 2 saturated heterocycles. The summed E-state index contributed by atoms with van der Waals surface area (Å²) in [4.78, 5) is 21.3. The molecule has 0 N–H and O–H groups in total. The quantitative estimate of drug-likeness (QED) is 0.847. The van der Waals surface area contributed by atoms with Gasteiger partial charge in [0.25, 0.3) is 0 Å². The van der Waals surface area contributed by atoms with Crippen molar-refractivity contribution >= 4 is 28.4 Å². The molecule has 2 aliphatic heterocycles. The van der Waals surface area contributed by atoms with E-state index >= 15 is 0 Å². The van der Waals surface area contributed by atoms with Crippen LogP contribution in [0.5, 0.6) is 0 Å². The summed E-state index contributed by atoms with van der Waals surface area (Å²) in [7, 11) is 0. The highest BCUT2D eigenvalue weighted by Crippen LogP contribution is 2.37. The summed E-state index contributed by atoms with van der Waals surface area (Å²) in [5, 5.41) is 1.75. The zero-order valence-electron chi connectivity index (χ0n) is 13.3. The molecule has 1 unspecified atom stereocenters. The van der Waals surface area contributed by atoms with E-state index in [1.807, 2.05) is 23.1 Å². The molecule has 1 atom stereocenters. The second-order valence-corrected chi connectivity index (χ2v) is 7.06. The van der Waals surface area contributed by atoms with Gasteiger partial charge in [0.05, 0.1) is 21.9 Å². The first-order chi connectivity index (χ1) is 11.1.